The molecule has 6 N–H and O–H groups in total. The number of nitrogens with one attached hydrogen (secondary N) is 1. The van der Waals surface area contributed by atoms with E-state index in [2.05, 4.69) is 26.2 Å². The van der Waals surface area contributed by atoms with Gasteiger partial charge in [0.15, 0.2) is 0 Å². The highest BCUT2D eigenvalue weighted by Crippen LogP contribution is 2.37. The molecule has 1 heterocycles. The summed E-state index contributed by atoms with van der Waals surface area (Å²) >= 11 is 3.01. The van der Waals surface area contributed by atoms with E-state index in [9.17, 15) is 57.5 Å². The number of pyridine rings is 1. The molecule has 0 saturated carbocycles. The first-order valence-electron chi connectivity index (χ1n) is 9.40. The van der Waals surface area contributed by atoms with Crippen molar-refractivity contribution < 1.29 is 87.2 Å². The Morgan fingerprint density at radius 2 is 1.10 bits per heavy atom. The van der Waals surface area contributed by atoms with E-state index >= 15 is 0 Å². The zero-order valence-electron chi connectivity index (χ0n) is 19.4. The van der Waals surface area contributed by atoms with Crippen LogP contribution in [0.1, 0.15) is 16.1 Å². The van der Waals surface area contributed by atoms with Crippen LogP contribution in [0.2, 0.25) is 0 Å². The van der Waals surface area contributed by atoms with Crippen molar-refractivity contribution in [2.45, 2.75) is 24.7 Å². The van der Waals surface area contributed by atoms with Crippen molar-refractivity contribution in [1.29, 1.82) is 0 Å². The Labute approximate surface area is 231 Å². The second kappa shape index (κ2) is 15.6. The van der Waals surface area contributed by atoms with E-state index in [1.165, 1.54) is 30.5 Å². The topological polar surface area (TPSA) is 180 Å². The van der Waals surface area contributed by atoms with Crippen molar-refractivity contribution in [2.75, 3.05) is 5.32 Å². The fourth-order valence-electron chi connectivity index (χ4n) is 1.63. The first kappa shape index (κ1) is 39.8. The Kier molecular flexibility index (Phi) is 14.8. The van der Waals surface area contributed by atoms with Crippen LogP contribution in [0.5, 0.6) is 0 Å². The number of hydrogen-bond acceptors (Lipinski definition) is 6. The van der Waals surface area contributed by atoms with Crippen LogP contribution in [0.4, 0.5) is 64.1 Å². The predicted octanol–water partition coefficient (Wildman–Crippen LogP) is 5.61. The van der Waals surface area contributed by atoms with Crippen molar-refractivity contribution in [2.24, 2.45) is 5.73 Å². The van der Waals surface area contributed by atoms with Gasteiger partial charge in [-0.2, -0.15) is 52.7 Å². The maximum Gasteiger partial charge on any atom is 0.490 e. The van der Waals surface area contributed by atoms with Crippen molar-refractivity contribution >= 4 is 51.1 Å². The normalized spacial score (nSPS) is 11.3. The maximum absolute atomic E-state index is 13.0. The molecule has 42 heavy (non-hydrogen) atoms. The molecule has 1 aromatic carbocycles. The number of hydrogen-bond donors (Lipinski definition) is 5. The number of aromatic nitrogens is 1. The van der Waals surface area contributed by atoms with Gasteiger partial charge >= 0.3 is 42.6 Å². The zero-order valence-corrected chi connectivity index (χ0v) is 21.0. The number of nitrogens with two attached hydrogens (primary N) is 1. The third-order valence-corrected chi connectivity index (χ3v) is 3.80. The van der Waals surface area contributed by atoms with E-state index in [-0.39, 0.29) is 11.4 Å². The van der Waals surface area contributed by atoms with Gasteiger partial charge in [-0.25, -0.2) is 19.4 Å². The van der Waals surface area contributed by atoms with E-state index in [4.69, 9.17) is 35.4 Å². The largest absolute Gasteiger partial charge is 0.490 e. The van der Waals surface area contributed by atoms with Crippen LogP contribution in [-0.2, 0) is 20.6 Å². The Morgan fingerprint density at radius 1 is 0.714 bits per heavy atom. The molecule has 0 unspecified atom stereocenters. The van der Waals surface area contributed by atoms with Gasteiger partial charge in [0.05, 0.1) is 23.1 Å². The summed E-state index contributed by atoms with van der Waals surface area (Å²) in [7, 11) is 0. The Bertz CT molecular complexity index is 1170. The molecule has 0 radical (unpaired) electrons. The number of carbonyl (C=O) groups is 4. The van der Waals surface area contributed by atoms with Gasteiger partial charge in [-0.05, 0) is 30.3 Å². The van der Waals surface area contributed by atoms with Crippen molar-refractivity contribution in [3.05, 3.63) is 52.3 Å². The quantitative estimate of drug-likeness (QED) is 0.255. The van der Waals surface area contributed by atoms with Crippen LogP contribution in [0.15, 0.2) is 41.0 Å². The van der Waals surface area contributed by atoms with E-state index in [0.29, 0.717) is 10.2 Å². The minimum absolute atomic E-state index is 0.0346. The highest BCUT2D eigenvalue weighted by Gasteiger charge is 2.39. The van der Waals surface area contributed by atoms with Crippen LogP contribution in [0.3, 0.4) is 0 Å². The summed E-state index contributed by atoms with van der Waals surface area (Å²) in [6.45, 7) is 0. The number of amides is 1. The third-order valence-electron chi connectivity index (χ3n) is 3.31. The average Bonchev–Trinajstić information content (AvgIpc) is 2.79. The number of alkyl halides is 12. The lowest BCUT2D eigenvalue weighted by Crippen LogP contribution is -2.21. The number of carbonyl (C=O) groups excluding carboxylic acids is 1. The molecule has 0 saturated heterocycles. The zero-order chi connectivity index (χ0) is 33.9. The lowest BCUT2D eigenvalue weighted by Gasteiger charge is -2.15. The number of rotatable bonds is 3. The van der Waals surface area contributed by atoms with E-state index in [1.807, 2.05) is 0 Å². The smallest absolute Gasteiger partial charge is 0.475 e. The van der Waals surface area contributed by atoms with Gasteiger partial charge in [-0.15, -0.1) is 0 Å². The molecule has 2 aromatic rings. The molecular weight excluding hydrogens is 690 g/mol. The van der Waals surface area contributed by atoms with Crippen LogP contribution in [0.25, 0.3) is 0 Å². The van der Waals surface area contributed by atoms with Gasteiger partial charge in [0, 0.05) is 4.47 Å². The van der Waals surface area contributed by atoms with E-state index in [1.54, 1.807) is 0 Å². The number of nitrogens with zero attached hydrogens (tertiary/aromatic N) is 1. The maximum atomic E-state index is 13.0. The first-order valence-corrected chi connectivity index (χ1v) is 10.2. The average molecular weight is 702 g/mol. The summed E-state index contributed by atoms with van der Waals surface area (Å²) in [5, 5.41) is 24.0. The number of primary amides is 1. The molecule has 0 aliphatic rings. The minimum Gasteiger partial charge on any atom is -0.475 e. The van der Waals surface area contributed by atoms with Crippen LogP contribution in [0, 0.1) is 0 Å². The van der Waals surface area contributed by atoms with Crippen LogP contribution >= 0.6 is 15.9 Å². The van der Waals surface area contributed by atoms with Crippen molar-refractivity contribution in [3.63, 3.8) is 0 Å². The second-order valence-electron chi connectivity index (χ2n) is 6.52. The van der Waals surface area contributed by atoms with Crippen LogP contribution < -0.4 is 11.1 Å². The molecule has 0 atom stereocenters. The van der Waals surface area contributed by atoms with Gasteiger partial charge in [0.2, 0.25) is 0 Å². The number of halogens is 13. The predicted molar refractivity (Wildman–Crippen MR) is 116 cm³/mol. The van der Waals surface area contributed by atoms with E-state index < -0.39 is 54.1 Å². The molecule has 0 aliphatic heterocycles. The molecular formula is C19H12BrF12N3O7. The van der Waals surface area contributed by atoms with Crippen molar-refractivity contribution in [1.82, 2.24) is 4.98 Å². The molecule has 1 aromatic heterocycles. The number of benzene rings is 1. The summed E-state index contributed by atoms with van der Waals surface area (Å²) in [6.07, 6.45) is -18.5. The SMILES string of the molecule is NC(=O)c1ccc(Nc2ccc(Br)cc2C(F)(F)F)cn1.O=C(O)C(F)(F)F.O=C(O)C(F)(F)F.O=C(O)C(F)(F)F. The minimum atomic E-state index is -5.08. The third kappa shape index (κ3) is 16.7. The Hall–Kier alpha value is -4.31. The summed E-state index contributed by atoms with van der Waals surface area (Å²) in [6, 6.07) is 6.53. The van der Waals surface area contributed by atoms with Gasteiger partial charge in [-0.3, -0.25) is 4.79 Å². The molecule has 0 fully saturated rings. The molecule has 236 valence electrons. The van der Waals surface area contributed by atoms with Gasteiger partial charge < -0.3 is 26.4 Å². The van der Waals surface area contributed by atoms with E-state index in [0.717, 1.165) is 6.07 Å². The second-order valence-corrected chi connectivity index (χ2v) is 7.43. The molecule has 23 heteroatoms. The summed E-state index contributed by atoms with van der Waals surface area (Å²) in [5.41, 5.74) is 4.46. The fourth-order valence-corrected chi connectivity index (χ4v) is 1.99. The molecule has 0 spiro atoms. The number of aliphatic carboxylic acids is 3. The Balaban J connectivity index is 0. The summed E-state index contributed by atoms with van der Waals surface area (Å²) in [5.74, 6) is -8.98. The lowest BCUT2D eigenvalue weighted by atomic mass is 10.1. The summed E-state index contributed by atoms with van der Waals surface area (Å²) < 4.78 is 134. The molecule has 10 nitrogen and oxygen atoms in total. The Morgan fingerprint density at radius 3 is 1.36 bits per heavy atom. The molecule has 0 bridgehead atoms. The number of anilines is 2. The number of carboxylic acids is 3. The highest BCUT2D eigenvalue weighted by atomic mass is 79.9. The molecule has 1 amide bonds. The highest BCUT2D eigenvalue weighted by molar-refractivity contribution is 9.10. The van der Waals surface area contributed by atoms with Gasteiger partial charge in [0.25, 0.3) is 5.91 Å². The van der Waals surface area contributed by atoms with Crippen molar-refractivity contribution in [3.8, 4) is 0 Å². The lowest BCUT2D eigenvalue weighted by molar-refractivity contribution is -0.193. The fraction of sp³-hybridized carbons (Fsp3) is 0.211. The van der Waals surface area contributed by atoms with Crippen LogP contribution in [-0.4, -0.2) is 62.6 Å². The standard InChI is InChI=1S/C13H9BrF3N3O.3C2HF3O2/c14-7-1-3-10(9(5-7)13(15,16)17)20-8-2-4-11(12(18)21)19-6-8;3*3-2(4,5)1(6)7/h1-6,20H,(H2,18,21);3*(H,6,7). The van der Waals surface area contributed by atoms with Gasteiger partial charge in [-0.1, -0.05) is 15.9 Å². The summed E-state index contributed by atoms with van der Waals surface area (Å²) in [4.78, 5) is 41.3. The molecule has 2 rings (SSSR count). The number of carboxylic acid groups (broad SMARTS) is 3. The molecule has 0 aliphatic carbocycles. The monoisotopic (exact) mass is 701 g/mol. The first-order chi connectivity index (χ1) is 18.6. The van der Waals surface area contributed by atoms with Gasteiger partial charge in [0.1, 0.15) is 5.69 Å².